The summed E-state index contributed by atoms with van der Waals surface area (Å²) in [6, 6.07) is 6.35. The summed E-state index contributed by atoms with van der Waals surface area (Å²) < 4.78 is 61.3. The van der Waals surface area contributed by atoms with Gasteiger partial charge in [0.15, 0.2) is 4.58 Å². The van der Waals surface area contributed by atoms with Crippen molar-refractivity contribution in [3.8, 4) is 0 Å². The van der Waals surface area contributed by atoms with Gasteiger partial charge in [-0.15, -0.1) is 0 Å². The molecule has 1 aromatic rings. The van der Waals surface area contributed by atoms with Crippen molar-refractivity contribution in [1.29, 1.82) is 0 Å². The smallest absolute Gasteiger partial charge is 0.747 e. The summed E-state index contributed by atoms with van der Waals surface area (Å²) in [6.07, 6.45) is 0. The zero-order chi connectivity index (χ0) is 11.7. The van der Waals surface area contributed by atoms with Gasteiger partial charge in [-0.25, -0.2) is 16.8 Å². The number of hydrogen-bond acceptors (Lipinski definition) is 6. The summed E-state index contributed by atoms with van der Waals surface area (Å²) in [6.45, 7) is 0. The number of benzene rings is 1. The molecule has 0 heterocycles. The van der Waals surface area contributed by atoms with E-state index in [0.717, 1.165) is 12.1 Å². The molecule has 0 aliphatic carbocycles. The van der Waals surface area contributed by atoms with E-state index in [4.69, 9.17) is 0 Å². The van der Waals surface area contributed by atoms with Crippen LogP contribution in [0.15, 0.2) is 30.3 Å². The van der Waals surface area contributed by atoms with E-state index in [0.29, 0.717) is 0 Å². The van der Waals surface area contributed by atoms with E-state index in [1.807, 2.05) is 0 Å². The molecule has 0 saturated carbocycles. The number of hydrogen-bond donors (Lipinski definition) is 0. The third-order valence-electron chi connectivity index (χ3n) is 1.60. The molecule has 0 atom stereocenters. The quantitative estimate of drug-likeness (QED) is 0.403. The monoisotopic (exact) mass is 328 g/mol. The molecule has 17 heavy (non-hydrogen) atoms. The van der Waals surface area contributed by atoms with Crippen LogP contribution >= 0.6 is 0 Å². The predicted octanol–water partition coefficient (Wildman–Crippen LogP) is -6.22. The summed E-state index contributed by atoms with van der Waals surface area (Å²) in [5, 5.41) is 0. The third kappa shape index (κ3) is 7.04. The van der Waals surface area contributed by atoms with E-state index in [-0.39, 0.29) is 108 Å². The molecule has 0 saturated heterocycles. The fourth-order valence-corrected chi connectivity index (χ4v) is 3.22. The fourth-order valence-electron chi connectivity index (χ4n) is 1.09. The van der Waals surface area contributed by atoms with Crippen molar-refractivity contribution in [3.63, 3.8) is 0 Å². The van der Waals surface area contributed by atoms with Gasteiger partial charge in [-0.1, -0.05) is 30.3 Å². The molecule has 84 valence electrons. The van der Waals surface area contributed by atoms with Crippen molar-refractivity contribution in [1.82, 2.24) is 0 Å². The van der Waals surface area contributed by atoms with Crippen LogP contribution in [0.2, 0.25) is 0 Å². The Morgan fingerprint density at radius 3 is 1.47 bits per heavy atom. The predicted molar refractivity (Wildman–Crippen MR) is 48.6 cm³/mol. The summed E-state index contributed by atoms with van der Waals surface area (Å²) in [4.78, 5) is 0. The van der Waals surface area contributed by atoms with Gasteiger partial charge in [-0.05, 0) is 5.56 Å². The van der Waals surface area contributed by atoms with Gasteiger partial charge in [-0.2, -0.15) is 0 Å². The van der Waals surface area contributed by atoms with Gasteiger partial charge in [-0.3, -0.25) is 0 Å². The van der Waals surface area contributed by atoms with E-state index in [2.05, 4.69) is 0 Å². The normalized spacial score (nSPS) is 11.5. The van der Waals surface area contributed by atoms with Gasteiger partial charge in [0.05, 0.1) is 0 Å². The zero-order valence-corrected chi connectivity index (χ0v) is 17.1. The van der Waals surface area contributed by atoms with Crippen molar-refractivity contribution in [3.05, 3.63) is 35.9 Å². The van der Waals surface area contributed by atoms with E-state index < -0.39 is 24.8 Å². The first-order valence-corrected chi connectivity index (χ1v) is 6.61. The van der Waals surface area contributed by atoms with E-state index in [9.17, 15) is 25.9 Å². The average Bonchev–Trinajstić information content (AvgIpc) is 2.00. The van der Waals surface area contributed by atoms with Crippen LogP contribution in [-0.2, 0) is 20.2 Å². The largest absolute Gasteiger partial charge is 1.00 e. The molecule has 0 aromatic heterocycles. The second-order valence-corrected chi connectivity index (χ2v) is 5.94. The molecule has 0 bridgehead atoms. The summed E-state index contributed by atoms with van der Waals surface area (Å²) in [7, 11) is -10.5. The van der Waals surface area contributed by atoms with Crippen molar-refractivity contribution in [2.45, 2.75) is 4.58 Å². The standard InChI is InChI=1S/C7H8O6S2.2K/c8-14(9,10)7(15(11,12)13)6-4-2-1-3-5-6;;/h1-5,7H,(H,8,9,10)(H,11,12,13);;/q;2*+1/p-2. The molecule has 0 unspecified atom stereocenters. The van der Waals surface area contributed by atoms with Crippen LogP contribution in [0.4, 0.5) is 0 Å². The Morgan fingerprint density at radius 2 is 1.18 bits per heavy atom. The first kappa shape index (κ1) is 21.6. The van der Waals surface area contributed by atoms with Gasteiger partial charge in [0.2, 0.25) is 0 Å². The number of rotatable bonds is 3. The van der Waals surface area contributed by atoms with Crippen molar-refractivity contribution in [2.75, 3.05) is 0 Å². The van der Waals surface area contributed by atoms with Gasteiger partial charge >= 0.3 is 103 Å². The van der Waals surface area contributed by atoms with Crippen LogP contribution in [0.3, 0.4) is 0 Å². The molecular weight excluding hydrogens is 322 g/mol. The Morgan fingerprint density at radius 1 is 0.824 bits per heavy atom. The SMILES string of the molecule is O=S(=O)([O-])C(c1ccccc1)S(=O)(=O)[O-].[K+].[K+]. The fraction of sp³-hybridized carbons (Fsp3) is 0.143. The van der Waals surface area contributed by atoms with E-state index in [1.54, 1.807) is 0 Å². The maximum atomic E-state index is 10.6. The molecular formula is C7H6K2O6S2. The van der Waals surface area contributed by atoms with E-state index >= 15 is 0 Å². The summed E-state index contributed by atoms with van der Waals surface area (Å²) in [5.74, 6) is 0. The van der Waals surface area contributed by atoms with Crippen LogP contribution in [0.1, 0.15) is 10.1 Å². The van der Waals surface area contributed by atoms with Crippen LogP contribution in [0.5, 0.6) is 0 Å². The Kier molecular flexibility index (Phi) is 10.9. The van der Waals surface area contributed by atoms with Gasteiger partial charge in [0.1, 0.15) is 20.2 Å². The Labute approximate surface area is 185 Å². The van der Waals surface area contributed by atoms with Crippen molar-refractivity contribution < 1.29 is 129 Å². The van der Waals surface area contributed by atoms with Crippen molar-refractivity contribution >= 4 is 20.2 Å². The van der Waals surface area contributed by atoms with Crippen LogP contribution in [0.25, 0.3) is 0 Å². The Balaban J connectivity index is 0. The maximum Gasteiger partial charge on any atom is 1.00 e. The Hall–Kier alpha value is 2.31. The molecule has 1 aromatic carbocycles. The van der Waals surface area contributed by atoms with Crippen LogP contribution in [0, 0.1) is 0 Å². The minimum Gasteiger partial charge on any atom is -0.747 e. The summed E-state index contributed by atoms with van der Waals surface area (Å²) in [5.41, 5.74) is -0.345. The first-order valence-electron chi connectivity index (χ1n) is 3.67. The maximum absolute atomic E-state index is 10.6. The van der Waals surface area contributed by atoms with Gasteiger partial charge in [0.25, 0.3) is 0 Å². The molecule has 0 aliphatic rings. The molecule has 6 nitrogen and oxygen atoms in total. The topological polar surface area (TPSA) is 114 Å². The third-order valence-corrected chi connectivity index (χ3v) is 4.60. The second-order valence-electron chi connectivity index (χ2n) is 2.73. The van der Waals surface area contributed by atoms with Crippen LogP contribution in [-0.4, -0.2) is 25.9 Å². The molecule has 0 amide bonds. The first-order chi connectivity index (χ1) is 6.73. The van der Waals surface area contributed by atoms with Crippen molar-refractivity contribution in [2.24, 2.45) is 0 Å². The zero-order valence-electron chi connectivity index (χ0n) is 9.23. The average molecular weight is 328 g/mol. The molecule has 0 radical (unpaired) electrons. The van der Waals surface area contributed by atoms with E-state index in [1.165, 1.54) is 18.2 Å². The van der Waals surface area contributed by atoms with Gasteiger partial charge < -0.3 is 9.11 Å². The molecule has 1 rings (SSSR count). The second kappa shape index (κ2) is 8.57. The molecule has 10 heteroatoms. The molecule has 0 fully saturated rings. The molecule has 0 aliphatic heterocycles. The minimum absolute atomic E-state index is 0. The van der Waals surface area contributed by atoms with Gasteiger partial charge in [0, 0.05) is 0 Å². The Bertz CT molecular complexity index is 507. The molecule has 0 spiro atoms. The van der Waals surface area contributed by atoms with Crippen LogP contribution < -0.4 is 103 Å². The minimum atomic E-state index is -5.23. The molecule has 0 N–H and O–H groups in total. The summed E-state index contributed by atoms with van der Waals surface area (Å²) >= 11 is 0.